The van der Waals surface area contributed by atoms with Crippen molar-refractivity contribution in [2.45, 2.75) is 45.7 Å². The van der Waals surface area contributed by atoms with Crippen LogP contribution in [0.4, 0.5) is 0 Å². The molecule has 7 heteroatoms. The lowest BCUT2D eigenvalue weighted by molar-refractivity contribution is -0.134. The number of carbonyl (C=O) groups is 2. The van der Waals surface area contributed by atoms with Crippen molar-refractivity contribution in [3.05, 3.63) is 12.7 Å². The zero-order chi connectivity index (χ0) is 16.4. The fourth-order valence-electron chi connectivity index (χ4n) is 3.14. The van der Waals surface area contributed by atoms with Crippen LogP contribution in [0.15, 0.2) is 12.7 Å². The number of hydrogen-bond acceptors (Lipinski definition) is 4. The monoisotopic (exact) mass is 319 g/mol. The molecule has 1 aromatic heterocycles. The van der Waals surface area contributed by atoms with Gasteiger partial charge < -0.3 is 9.80 Å². The predicted octanol–water partition coefficient (Wildman–Crippen LogP) is 0.774. The van der Waals surface area contributed by atoms with Crippen LogP contribution in [-0.2, 0) is 16.1 Å². The second kappa shape index (κ2) is 6.68. The van der Waals surface area contributed by atoms with Crippen molar-refractivity contribution in [1.82, 2.24) is 24.6 Å². The molecule has 3 rings (SSSR count). The molecule has 2 amide bonds. The van der Waals surface area contributed by atoms with Gasteiger partial charge in [-0.05, 0) is 24.7 Å². The van der Waals surface area contributed by atoms with Gasteiger partial charge >= 0.3 is 0 Å². The molecule has 1 atom stereocenters. The minimum atomic E-state index is 0.00206. The van der Waals surface area contributed by atoms with E-state index < -0.39 is 0 Å². The van der Waals surface area contributed by atoms with E-state index in [1.807, 2.05) is 9.80 Å². The standard InChI is InChI=1S/C16H25N5O2/c1-12(2)14-8-19(16(23)9-20-11-17-10-18-20)6-5-15(22)21(14)7-13-3-4-13/h10-14H,3-9H2,1-2H3. The highest BCUT2D eigenvalue weighted by atomic mass is 16.2. The number of hydrogen-bond donors (Lipinski definition) is 0. The zero-order valence-electron chi connectivity index (χ0n) is 13.9. The third kappa shape index (κ3) is 3.89. The van der Waals surface area contributed by atoms with E-state index >= 15 is 0 Å². The van der Waals surface area contributed by atoms with Crippen LogP contribution in [0.3, 0.4) is 0 Å². The Bertz CT molecular complexity index is 553. The van der Waals surface area contributed by atoms with E-state index in [1.54, 1.807) is 6.33 Å². The van der Waals surface area contributed by atoms with Crippen molar-refractivity contribution in [3.63, 3.8) is 0 Å². The molecule has 2 heterocycles. The predicted molar refractivity (Wildman–Crippen MR) is 84.3 cm³/mol. The van der Waals surface area contributed by atoms with Gasteiger partial charge in [0.1, 0.15) is 19.2 Å². The number of amides is 2. The summed E-state index contributed by atoms with van der Waals surface area (Å²) in [5.74, 6) is 1.18. The Labute approximate surface area is 136 Å². The fraction of sp³-hybridized carbons (Fsp3) is 0.750. The number of nitrogens with zero attached hydrogens (tertiary/aromatic N) is 5. The average Bonchev–Trinajstić information content (AvgIpc) is 3.22. The van der Waals surface area contributed by atoms with Crippen LogP contribution in [0.1, 0.15) is 33.1 Å². The summed E-state index contributed by atoms with van der Waals surface area (Å²) in [5.41, 5.74) is 0. The second-order valence-electron chi connectivity index (χ2n) is 6.98. The first kappa shape index (κ1) is 16.0. The molecule has 2 fully saturated rings. The quantitative estimate of drug-likeness (QED) is 0.804. The van der Waals surface area contributed by atoms with Crippen molar-refractivity contribution in [2.75, 3.05) is 19.6 Å². The minimum Gasteiger partial charge on any atom is -0.338 e. The molecule has 1 aromatic rings. The summed E-state index contributed by atoms with van der Waals surface area (Å²) in [4.78, 5) is 32.8. The van der Waals surface area contributed by atoms with Crippen LogP contribution in [0.2, 0.25) is 0 Å². The van der Waals surface area contributed by atoms with Gasteiger partial charge in [0.05, 0.1) is 6.04 Å². The molecule has 0 spiro atoms. The van der Waals surface area contributed by atoms with Gasteiger partial charge in [-0.25, -0.2) is 9.67 Å². The van der Waals surface area contributed by atoms with E-state index in [0.717, 1.165) is 6.54 Å². The lowest BCUT2D eigenvalue weighted by Crippen LogP contribution is -2.48. The normalized spacial score (nSPS) is 22.6. The van der Waals surface area contributed by atoms with Crippen LogP contribution in [0.5, 0.6) is 0 Å². The smallest absolute Gasteiger partial charge is 0.244 e. The first-order valence-corrected chi connectivity index (χ1v) is 8.44. The van der Waals surface area contributed by atoms with E-state index in [2.05, 4.69) is 23.9 Å². The highest BCUT2D eigenvalue weighted by Gasteiger charge is 2.36. The van der Waals surface area contributed by atoms with Gasteiger partial charge in [0.2, 0.25) is 11.8 Å². The van der Waals surface area contributed by atoms with Crippen molar-refractivity contribution in [1.29, 1.82) is 0 Å². The second-order valence-corrected chi connectivity index (χ2v) is 6.98. The average molecular weight is 319 g/mol. The SMILES string of the molecule is CC(C)C1CN(C(=O)Cn2cncn2)CCC(=O)N1CC1CC1. The molecule has 23 heavy (non-hydrogen) atoms. The van der Waals surface area contributed by atoms with Crippen molar-refractivity contribution in [2.24, 2.45) is 11.8 Å². The van der Waals surface area contributed by atoms with Gasteiger partial charge in [-0.3, -0.25) is 9.59 Å². The molecule has 0 bridgehead atoms. The molecule has 1 aliphatic heterocycles. The first-order valence-electron chi connectivity index (χ1n) is 8.44. The van der Waals surface area contributed by atoms with Gasteiger partial charge in [-0.2, -0.15) is 5.10 Å². The zero-order valence-corrected chi connectivity index (χ0v) is 13.9. The maximum absolute atomic E-state index is 12.5. The topological polar surface area (TPSA) is 71.3 Å². The van der Waals surface area contributed by atoms with E-state index in [0.29, 0.717) is 31.3 Å². The van der Waals surface area contributed by atoms with Crippen LogP contribution < -0.4 is 0 Å². The van der Waals surface area contributed by atoms with Crippen molar-refractivity contribution < 1.29 is 9.59 Å². The highest BCUT2D eigenvalue weighted by molar-refractivity contribution is 5.80. The Kier molecular flexibility index (Phi) is 4.63. The van der Waals surface area contributed by atoms with Gasteiger partial charge in [0, 0.05) is 26.1 Å². The van der Waals surface area contributed by atoms with E-state index in [9.17, 15) is 9.59 Å². The molecule has 0 aromatic carbocycles. The molecule has 1 saturated heterocycles. The summed E-state index contributed by atoms with van der Waals surface area (Å²) >= 11 is 0. The maximum atomic E-state index is 12.5. The Morgan fingerprint density at radius 3 is 2.78 bits per heavy atom. The van der Waals surface area contributed by atoms with Crippen LogP contribution in [0, 0.1) is 11.8 Å². The fourth-order valence-corrected chi connectivity index (χ4v) is 3.14. The van der Waals surface area contributed by atoms with Gasteiger partial charge in [0.15, 0.2) is 0 Å². The summed E-state index contributed by atoms with van der Waals surface area (Å²) in [5, 5.41) is 3.99. The molecule has 126 valence electrons. The van der Waals surface area contributed by atoms with Crippen molar-refractivity contribution >= 4 is 11.8 Å². The maximum Gasteiger partial charge on any atom is 0.244 e. The molecule has 0 radical (unpaired) electrons. The number of rotatable bonds is 5. The van der Waals surface area contributed by atoms with E-state index in [4.69, 9.17) is 0 Å². The van der Waals surface area contributed by atoms with Gasteiger partial charge in [-0.1, -0.05) is 13.8 Å². The third-order valence-corrected chi connectivity index (χ3v) is 4.76. The van der Waals surface area contributed by atoms with Gasteiger partial charge in [-0.15, -0.1) is 0 Å². The summed E-state index contributed by atoms with van der Waals surface area (Å²) in [7, 11) is 0. The van der Waals surface area contributed by atoms with Crippen LogP contribution >= 0.6 is 0 Å². The summed E-state index contributed by atoms with van der Waals surface area (Å²) < 4.78 is 1.53. The molecule has 0 N–H and O–H groups in total. The lowest BCUT2D eigenvalue weighted by atomic mass is 10.0. The molecule has 1 saturated carbocycles. The summed E-state index contributed by atoms with van der Waals surface area (Å²) in [6.45, 7) is 6.40. The van der Waals surface area contributed by atoms with E-state index in [-0.39, 0.29) is 24.4 Å². The number of carbonyl (C=O) groups excluding carboxylic acids is 2. The van der Waals surface area contributed by atoms with Crippen molar-refractivity contribution in [3.8, 4) is 0 Å². The molecule has 1 unspecified atom stereocenters. The molecule has 2 aliphatic rings. The highest BCUT2D eigenvalue weighted by Crippen LogP contribution is 2.32. The molecule has 7 nitrogen and oxygen atoms in total. The number of aromatic nitrogens is 3. The molecule has 1 aliphatic carbocycles. The van der Waals surface area contributed by atoms with Crippen LogP contribution in [0.25, 0.3) is 0 Å². The third-order valence-electron chi connectivity index (χ3n) is 4.76. The Hall–Kier alpha value is -1.92. The van der Waals surface area contributed by atoms with Crippen LogP contribution in [-0.4, -0.2) is 62.1 Å². The lowest BCUT2D eigenvalue weighted by Gasteiger charge is -2.34. The Morgan fingerprint density at radius 2 is 2.17 bits per heavy atom. The summed E-state index contributed by atoms with van der Waals surface area (Å²) in [6.07, 6.45) is 5.83. The first-order chi connectivity index (χ1) is 11.0. The molecular weight excluding hydrogens is 294 g/mol. The Balaban J connectivity index is 1.70. The minimum absolute atomic E-state index is 0.00206. The largest absolute Gasteiger partial charge is 0.338 e. The molecular formula is C16H25N5O2. The Morgan fingerprint density at radius 1 is 1.39 bits per heavy atom. The van der Waals surface area contributed by atoms with Gasteiger partial charge in [0.25, 0.3) is 0 Å². The van der Waals surface area contributed by atoms with E-state index in [1.165, 1.54) is 23.9 Å². The summed E-state index contributed by atoms with van der Waals surface area (Å²) in [6, 6.07) is 0.102.